The number of nitrogens with two attached hydrogens (primary N) is 1. The molecular formula is C11H19N3O. The van der Waals surface area contributed by atoms with Gasteiger partial charge in [0.05, 0.1) is 6.61 Å². The van der Waals surface area contributed by atoms with E-state index in [1.165, 1.54) is 0 Å². The first-order valence-electron chi connectivity index (χ1n) is 5.33. The summed E-state index contributed by atoms with van der Waals surface area (Å²) in [7, 11) is 0. The molecule has 1 aromatic rings. The average Bonchev–Trinajstić information content (AvgIpc) is 2.29. The summed E-state index contributed by atoms with van der Waals surface area (Å²) in [6, 6.07) is 3.86. The maximum absolute atomic E-state index is 8.99. The number of aliphatic hydroxyl groups excluding tert-OH is 1. The van der Waals surface area contributed by atoms with Gasteiger partial charge in [-0.3, -0.25) is 0 Å². The van der Waals surface area contributed by atoms with Gasteiger partial charge in [0, 0.05) is 31.4 Å². The second kappa shape index (κ2) is 6.37. The predicted molar refractivity (Wildman–Crippen MR) is 61.7 cm³/mol. The lowest BCUT2D eigenvalue weighted by Gasteiger charge is -2.24. The van der Waals surface area contributed by atoms with Crippen LogP contribution in [-0.2, 0) is 6.54 Å². The quantitative estimate of drug-likeness (QED) is 0.725. The Morgan fingerprint density at radius 3 is 2.87 bits per heavy atom. The lowest BCUT2D eigenvalue weighted by atomic mass is 10.2. The lowest BCUT2D eigenvalue weighted by molar-refractivity contribution is 0.301. The Kier molecular flexibility index (Phi) is 5.07. The van der Waals surface area contributed by atoms with Gasteiger partial charge in [0.2, 0.25) is 0 Å². The molecule has 0 fully saturated rings. The molecule has 0 radical (unpaired) electrons. The Bertz CT molecular complexity index is 285. The van der Waals surface area contributed by atoms with Crippen molar-refractivity contribution >= 4 is 5.82 Å². The first-order chi connectivity index (χ1) is 7.33. The second-order valence-electron chi connectivity index (χ2n) is 3.40. The van der Waals surface area contributed by atoms with Crippen molar-refractivity contribution in [2.24, 2.45) is 5.73 Å². The Morgan fingerprint density at radius 2 is 2.27 bits per heavy atom. The zero-order valence-electron chi connectivity index (χ0n) is 9.19. The second-order valence-corrected chi connectivity index (χ2v) is 3.40. The molecule has 1 heterocycles. The maximum Gasteiger partial charge on any atom is 0.133 e. The van der Waals surface area contributed by atoms with Crippen molar-refractivity contribution in [1.82, 2.24) is 4.98 Å². The number of nitrogens with zero attached hydrogens (tertiary/aromatic N) is 2. The van der Waals surface area contributed by atoms with Crippen LogP contribution in [-0.4, -0.2) is 29.8 Å². The molecule has 0 unspecified atom stereocenters. The smallest absolute Gasteiger partial charge is 0.133 e. The van der Waals surface area contributed by atoms with Crippen LogP contribution in [0.2, 0.25) is 0 Å². The van der Waals surface area contributed by atoms with Crippen molar-refractivity contribution in [2.75, 3.05) is 24.6 Å². The SMILES string of the molecule is CCCN(CCO)c1ncccc1CN. The van der Waals surface area contributed by atoms with Crippen molar-refractivity contribution < 1.29 is 5.11 Å². The highest BCUT2D eigenvalue weighted by Crippen LogP contribution is 2.16. The number of aliphatic hydroxyl groups is 1. The fourth-order valence-corrected chi connectivity index (χ4v) is 1.59. The fraction of sp³-hybridized carbons (Fsp3) is 0.545. The molecule has 0 saturated heterocycles. The fourth-order valence-electron chi connectivity index (χ4n) is 1.59. The van der Waals surface area contributed by atoms with Gasteiger partial charge in [-0.05, 0) is 12.5 Å². The molecule has 84 valence electrons. The van der Waals surface area contributed by atoms with Crippen LogP contribution in [0.3, 0.4) is 0 Å². The van der Waals surface area contributed by atoms with Gasteiger partial charge in [0.25, 0.3) is 0 Å². The largest absolute Gasteiger partial charge is 0.395 e. The van der Waals surface area contributed by atoms with Crippen molar-refractivity contribution in [3.05, 3.63) is 23.9 Å². The molecule has 15 heavy (non-hydrogen) atoms. The van der Waals surface area contributed by atoms with Crippen LogP contribution in [0.15, 0.2) is 18.3 Å². The highest BCUT2D eigenvalue weighted by molar-refractivity contribution is 5.46. The molecule has 0 spiro atoms. The molecule has 0 bridgehead atoms. The number of pyridine rings is 1. The van der Waals surface area contributed by atoms with Crippen LogP contribution >= 0.6 is 0 Å². The molecular weight excluding hydrogens is 190 g/mol. The van der Waals surface area contributed by atoms with E-state index in [1.807, 2.05) is 12.1 Å². The highest BCUT2D eigenvalue weighted by Gasteiger charge is 2.09. The van der Waals surface area contributed by atoms with Gasteiger partial charge in [-0.1, -0.05) is 13.0 Å². The zero-order chi connectivity index (χ0) is 11.1. The monoisotopic (exact) mass is 209 g/mol. The molecule has 0 aliphatic heterocycles. The van der Waals surface area contributed by atoms with Crippen LogP contribution in [0.1, 0.15) is 18.9 Å². The first-order valence-corrected chi connectivity index (χ1v) is 5.33. The minimum atomic E-state index is 0.139. The topological polar surface area (TPSA) is 62.4 Å². The van der Waals surface area contributed by atoms with E-state index in [4.69, 9.17) is 10.8 Å². The normalized spacial score (nSPS) is 10.3. The van der Waals surface area contributed by atoms with E-state index < -0.39 is 0 Å². The van der Waals surface area contributed by atoms with E-state index in [9.17, 15) is 0 Å². The van der Waals surface area contributed by atoms with E-state index in [1.54, 1.807) is 6.20 Å². The van der Waals surface area contributed by atoms with Crippen LogP contribution in [0, 0.1) is 0 Å². The minimum Gasteiger partial charge on any atom is -0.395 e. The molecule has 0 aliphatic carbocycles. The minimum absolute atomic E-state index is 0.139. The van der Waals surface area contributed by atoms with Gasteiger partial charge in [-0.15, -0.1) is 0 Å². The van der Waals surface area contributed by atoms with Crippen molar-refractivity contribution in [3.63, 3.8) is 0 Å². The number of aromatic nitrogens is 1. The number of hydrogen-bond acceptors (Lipinski definition) is 4. The summed E-state index contributed by atoms with van der Waals surface area (Å²) in [6.45, 7) is 4.23. The summed E-state index contributed by atoms with van der Waals surface area (Å²) in [5, 5.41) is 8.99. The molecule has 4 nitrogen and oxygen atoms in total. The van der Waals surface area contributed by atoms with Gasteiger partial charge >= 0.3 is 0 Å². The number of anilines is 1. The van der Waals surface area contributed by atoms with Gasteiger partial charge in [-0.2, -0.15) is 0 Å². The average molecular weight is 209 g/mol. The summed E-state index contributed by atoms with van der Waals surface area (Å²) in [5.74, 6) is 0.899. The van der Waals surface area contributed by atoms with Gasteiger partial charge < -0.3 is 15.7 Å². The van der Waals surface area contributed by atoms with E-state index in [2.05, 4.69) is 16.8 Å². The van der Waals surface area contributed by atoms with E-state index in [0.717, 1.165) is 24.3 Å². The maximum atomic E-state index is 8.99. The Morgan fingerprint density at radius 1 is 1.47 bits per heavy atom. The Hall–Kier alpha value is -1.13. The van der Waals surface area contributed by atoms with Crippen LogP contribution in [0.5, 0.6) is 0 Å². The molecule has 4 heteroatoms. The lowest BCUT2D eigenvalue weighted by Crippen LogP contribution is -2.29. The molecule has 1 aromatic heterocycles. The summed E-state index contributed by atoms with van der Waals surface area (Å²) in [6.07, 6.45) is 2.79. The molecule has 3 N–H and O–H groups in total. The van der Waals surface area contributed by atoms with Crippen LogP contribution in [0.25, 0.3) is 0 Å². The van der Waals surface area contributed by atoms with Gasteiger partial charge in [0.1, 0.15) is 5.82 Å². The predicted octanol–water partition coefficient (Wildman–Crippen LogP) is 0.749. The zero-order valence-corrected chi connectivity index (χ0v) is 9.19. The summed E-state index contributed by atoms with van der Waals surface area (Å²) >= 11 is 0. The third-order valence-electron chi connectivity index (χ3n) is 2.25. The van der Waals surface area contributed by atoms with Crippen molar-refractivity contribution in [3.8, 4) is 0 Å². The van der Waals surface area contributed by atoms with E-state index in [-0.39, 0.29) is 6.61 Å². The molecule has 0 saturated carbocycles. The third-order valence-corrected chi connectivity index (χ3v) is 2.25. The molecule has 0 atom stereocenters. The Labute approximate surface area is 90.7 Å². The van der Waals surface area contributed by atoms with Crippen molar-refractivity contribution in [2.45, 2.75) is 19.9 Å². The van der Waals surface area contributed by atoms with Gasteiger partial charge in [-0.25, -0.2) is 4.98 Å². The number of rotatable bonds is 6. The Balaban J connectivity index is 2.88. The first kappa shape index (κ1) is 11.9. The molecule has 1 rings (SSSR count). The van der Waals surface area contributed by atoms with Crippen molar-refractivity contribution in [1.29, 1.82) is 0 Å². The van der Waals surface area contributed by atoms with Gasteiger partial charge in [0.15, 0.2) is 0 Å². The van der Waals surface area contributed by atoms with Crippen LogP contribution in [0.4, 0.5) is 5.82 Å². The van der Waals surface area contributed by atoms with Crippen LogP contribution < -0.4 is 10.6 Å². The molecule has 0 aromatic carbocycles. The number of hydrogen-bond donors (Lipinski definition) is 2. The summed E-state index contributed by atoms with van der Waals surface area (Å²) in [4.78, 5) is 6.39. The summed E-state index contributed by atoms with van der Waals surface area (Å²) in [5.41, 5.74) is 6.68. The van der Waals surface area contributed by atoms with E-state index in [0.29, 0.717) is 13.1 Å². The highest BCUT2D eigenvalue weighted by atomic mass is 16.3. The molecule has 0 aliphatic rings. The molecule has 0 amide bonds. The third kappa shape index (κ3) is 3.18. The standard InChI is InChI=1S/C11H19N3O/c1-2-6-14(7-8-15)11-10(9-12)4-3-5-13-11/h3-5,15H,2,6-9,12H2,1H3. The van der Waals surface area contributed by atoms with E-state index >= 15 is 0 Å². The summed E-state index contributed by atoms with van der Waals surface area (Å²) < 4.78 is 0.